The standard InChI is InChI=1S/C12H24O/c1-3-12(2,13)10-6-9-11-7-4-5-8-11/h11,13H,3-10H2,1-2H3. The van der Waals surface area contributed by atoms with Crippen LogP contribution in [0.5, 0.6) is 0 Å². The minimum Gasteiger partial charge on any atom is -0.390 e. The number of aliphatic hydroxyl groups is 1. The Morgan fingerprint density at radius 2 is 1.92 bits per heavy atom. The zero-order chi connectivity index (χ0) is 9.73. The molecule has 1 rings (SSSR count). The maximum absolute atomic E-state index is 9.80. The molecule has 0 aromatic carbocycles. The van der Waals surface area contributed by atoms with Crippen LogP contribution >= 0.6 is 0 Å². The van der Waals surface area contributed by atoms with Crippen LogP contribution in [0.3, 0.4) is 0 Å². The normalized spacial score (nSPS) is 23.3. The second-order valence-corrected chi connectivity index (χ2v) is 4.89. The lowest BCUT2D eigenvalue weighted by molar-refractivity contribution is 0.0432. The molecule has 0 aromatic heterocycles. The first-order valence-electron chi connectivity index (χ1n) is 5.86. The van der Waals surface area contributed by atoms with Crippen molar-refractivity contribution < 1.29 is 5.11 Å². The van der Waals surface area contributed by atoms with Gasteiger partial charge in [-0.25, -0.2) is 0 Å². The monoisotopic (exact) mass is 184 g/mol. The summed E-state index contributed by atoms with van der Waals surface area (Å²) in [5.41, 5.74) is -0.404. The lowest BCUT2D eigenvalue weighted by Gasteiger charge is -2.21. The van der Waals surface area contributed by atoms with Crippen LogP contribution in [0.1, 0.15) is 65.2 Å². The first kappa shape index (κ1) is 11.0. The van der Waals surface area contributed by atoms with Gasteiger partial charge in [0.05, 0.1) is 5.60 Å². The molecule has 0 aliphatic heterocycles. The predicted molar refractivity (Wildman–Crippen MR) is 56.7 cm³/mol. The average molecular weight is 184 g/mol. The highest BCUT2D eigenvalue weighted by Gasteiger charge is 2.19. The molecule has 1 aliphatic carbocycles. The van der Waals surface area contributed by atoms with Gasteiger partial charge in [0.1, 0.15) is 0 Å². The molecule has 0 heterocycles. The van der Waals surface area contributed by atoms with E-state index < -0.39 is 5.60 Å². The third-order valence-electron chi connectivity index (χ3n) is 3.56. The maximum Gasteiger partial charge on any atom is 0.0617 e. The summed E-state index contributed by atoms with van der Waals surface area (Å²) in [6.07, 6.45) is 10.2. The highest BCUT2D eigenvalue weighted by atomic mass is 16.3. The van der Waals surface area contributed by atoms with E-state index >= 15 is 0 Å². The smallest absolute Gasteiger partial charge is 0.0617 e. The highest BCUT2D eigenvalue weighted by Crippen LogP contribution is 2.30. The molecule has 78 valence electrons. The Morgan fingerprint density at radius 1 is 1.31 bits per heavy atom. The third-order valence-corrected chi connectivity index (χ3v) is 3.56. The highest BCUT2D eigenvalue weighted by molar-refractivity contribution is 4.73. The fourth-order valence-electron chi connectivity index (χ4n) is 2.25. The lowest BCUT2D eigenvalue weighted by Crippen LogP contribution is -2.22. The molecular formula is C12H24O. The van der Waals surface area contributed by atoms with Crippen LogP contribution in [0.4, 0.5) is 0 Å². The lowest BCUT2D eigenvalue weighted by atomic mass is 9.92. The molecule has 1 aliphatic rings. The van der Waals surface area contributed by atoms with Crippen LogP contribution in [-0.2, 0) is 0 Å². The van der Waals surface area contributed by atoms with Gasteiger partial charge in [0, 0.05) is 0 Å². The molecule has 13 heavy (non-hydrogen) atoms. The molecule has 1 atom stereocenters. The first-order chi connectivity index (χ1) is 6.14. The number of rotatable bonds is 5. The van der Waals surface area contributed by atoms with E-state index in [4.69, 9.17) is 0 Å². The maximum atomic E-state index is 9.80. The van der Waals surface area contributed by atoms with E-state index in [1.54, 1.807) is 0 Å². The van der Waals surface area contributed by atoms with E-state index in [9.17, 15) is 5.11 Å². The van der Waals surface area contributed by atoms with Crippen molar-refractivity contribution in [3.8, 4) is 0 Å². The van der Waals surface area contributed by atoms with Crippen molar-refractivity contribution >= 4 is 0 Å². The summed E-state index contributed by atoms with van der Waals surface area (Å²) in [5, 5.41) is 9.80. The van der Waals surface area contributed by atoms with Gasteiger partial charge in [0.15, 0.2) is 0 Å². The zero-order valence-electron chi connectivity index (χ0n) is 9.18. The Hall–Kier alpha value is -0.0400. The second-order valence-electron chi connectivity index (χ2n) is 4.89. The Morgan fingerprint density at radius 3 is 2.46 bits per heavy atom. The van der Waals surface area contributed by atoms with Crippen LogP contribution in [0.25, 0.3) is 0 Å². The van der Waals surface area contributed by atoms with Gasteiger partial charge in [-0.3, -0.25) is 0 Å². The first-order valence-corrected chi connectivity index (χ1v) is 5.86. The largest absolute Gasteiger partial charge is 0.390 e. The Balaban J connectivity index is 2.06. The molecule has 1 heteroatoms. The summed E-state index contributed by atoms with van der Waals surface area (Å²) in [6, 6.07) is 0. The summed E-state index contributed by atoms with van der Waals surface area (Å²) in [7, 11) is 0. The van der Waals surface area contributed by atoms with Crippen LogP contribution in [0.15, 0.2) is 0 Å². The molecule has 0 bridgehead atoms. The van der Waals surface area contributed by atoms with Gasteiger partial charge in [-0.2, -0.15) is 0 Å². The Labute approximate surface area is 82.5 Å². The molecule has 0 radical (unpaired) electrons. The van der Waals surface area contributed by atoms with Crippen LogP contribution in [0.2, 0.25) is 0 Å². The quantitative estimate of drug-likeness (QED) is 0.693. The van der Waals surface area contributed by atoms with E-state index in [-0.39, 0.29) is 0 Å². The fraction of sp³-hybridized carbons (Fsp3) is 1.00. The number of hydrogen-bond acceptors (Lipinski definition) is 1. The minimum absolute atomic E-state index is 0.404. The van der Waals surface area contributed by atoms with Gasteiger partial charge in [-0.05, 0) is 25.7 Å². The van der Waals surface area contributed by atoms with Crippen LogP contribution in [0, 0.1) is 5.92 Å². The van der Waals surface area contributed by atoms with E-state index in [0.717, 1.165) is 18.8 Å². The SMILES string of the molecule is CCC(C)(O)CCCC1CCCC1. The van der Waals surface area contributed by atoms with E-state index in [0.29, 0.717) is 0 Å². The van der Waals surface area contributed by atoms with Gasteiger partial charge in [-0.15, -0.1) is 0 Å². The van der Waals surface area contributed by atoms with Gasteiger partial charge in [0.25, 0.3) is 0 Å². The summed E-state index contributed by atoms with van der Waals surface area (Å²) < 4.78 is 0. The van der Waals surface area contributed by atoms with Crippen molar-refractivity contribution in [2.45, 2.75) is 70.8 Å². The van der Waals surface area contributed by atoms with E-state index in [1.165, 1.54) is 38.5 Å². The molecule has 1 nitrogen and oxygen atoms in total. The van der Waals surface area contributed by atoms with Crippen molar-refractivity contribution in [1.82, 2.24) is 0 Å². The zero-order valence-corrected chi connectivity index (χ0v) is 9.18. The summed E-state index contributed by atoms with van der Waals surface area (Å²) in [4.78, 5) is 0. The molecule has 0 saturated heterocycles. The van der Waals surface area contributed by atoms with Crippen molar-refractivity contribution in [3.05, 3.63) is 0 Å². The van der Waals surface area contributed by atoms with Crippen molar-refractivity contribution in [2.24, 2.45) is 5.92 Å². The van der Waals surface area contributed by atoms with Crippen LogP contribution in [-0.4, -0.2) is 10.7 Å². The molecule has 1 unspecified atom stereocenters. The number of hydrogen-bond donors (Lipinski definition) is 1. The topological polar surface area (TPSA) is 20.2 Å². The van der Waals surface area contributed by atoms with E-state index in [1.807, 2.05) is 6.92 Å². The molecule has 1 saturated carbocycles. The molecule has 0 aromatic rings. The van der Waals surface area contributed by atoms with Crippen molar-refractivity contribution in [1.29, 1.82) is 0 Å². The second kappa shape index (κ2) is 4.99. The Bertz CT molecular complexity index is 134. The minimum atomic E-state index is -0.404. The third kappa shape index (κ3) is 4.12. The molecule has 1 N–H and O–H groups in total. The fourth-order valence-corrected chi connectivity index (χ4v) is 2.25. The summed E-state index contributed by atoms with van der Waals surface area (Å²) in [6.45, 7) is 4.03. The van der Waals surface area contributed by atoms with Gasteiger partial charge in [-0.1, -0.05) is 45.4 Å². The van der Waals surface area contributed by atoms with Gasteiger partial charge >= 0.3 is 0 Å². The van der Waals surface area contributed by atoms with Gasteiger partial charge < -0.3 is 5.11 Å². The van der Waals surface area contributed by atoms with Gasteiger partial charge in [0.2, 0.25) is 0 Å². The van der Waals surface area contributed by atoms with Crippen molar-refractivity contribution in [3.63, 3.8) is 0 Å². The Kier molecular flexibility index (Phi) is 4.24. The molecule has 0 amide bonds. The summed E-state index contributed by atoms with van der Waals surface area (Å²) >= 11 is 0. The average Bonchev–Trinajstić information content (AvgIpc) is 2.57. The van der Waals surface area contributed by atoms with Crippen molar-refractivity contribution in [2.75, 3.05) is 0 Å². The molecular weight excluding hydrogens is 160 g/mol. The predicted octanol–water partition coefficient (Wildman–Crippen LogP) is 3.51. The molecule has 0 spiro atoms. The molecule has 1 fully saturated rings. The van der Waals surface area contributed by atoms with Crippen LogP contribution < -0.4 is 0 Å². The van der Waals surface area contributed by atoms with E-state index in [2.05, 4.69) is 6.92 Å². The summed E-state index contributed by atoms with van der Waals surface area (Å²) in [5.74, 6) is 0.979.